The van der Waals surface area contributed by atoms with Gasteiger partial charge in [0.1, 0.15) is 5.78 Å². The summed E-state index contributed by atoms with van der Waals surface area (Å²) in [7, 11) is 0. The SMILES string of the molecule is CCC(=N)CCCC[C@@H](N)C(=O)CCc1ccc(Cl)c(Cl)c1. The number of rotatable bonds is 10. The van der Waals surface area contributed by atoms with Crippen LogP contribution in [0.25, 0.3) is 0 Å². The van der Waals surface area contributed by atoms with Gasteiger partial charge in [-0.3, -0.25) is 4.79 Å². The lowest BCUT2D eigenvalue weighted by Gasteiger charge is -2.11. The molecule has 0 saturated carbocycles. The van der Waals surface area contributed by atoms with E-state index in [1.165, 1.54) is 0 Å². The van der Waals surface area contributed by atoms with Crippen molar-refractivity contribution in [2.45, 2.75) is 57.9 Å². The van der Waals surface area contributed by atoms with Crippen LogP contribution < -0.4 is 5.73 Å². The van der Waals surface area contributed by atoms with Crippen molar-refractivity contribution < 1.29 is 4.79 Å². The molecule has 3 nitrogen and oxygen atoms in total. The molecule has 1 rings (SSSR count). The molecular formula is C17H24Cl2N2O. The van der Waals surface area contributed by atoms with Gasteiger partial charge < -0.3 is 11.1 Å². The molecule has 0 spiro atoms. The molecule has 1 aromatic carbocycles. The van der Waals surface area contributed by atoms with Crippen molar-refractivity contribution in [3.63, 3.8) is 0 Å². The van der Waals surface area contributed by atoms with Gasteiger partial charge in [0.05, 0.1) is 16.1 Å². The number of nitrogens with two attached hydrogens (primary N) is 1. The molecule has 1 aromatic rings. The molecule has 0 amide bonds. The summed E-state index contributed by atoms with van der Waals surface area (Å²) in [5.74, 6) is 0.0802. The lowest BCUT2D eigenvalue weighted by Crippen LogP contribution is -2.30. The fourth-order valence-corrected chi connectivity index (χ4v) is 2.51. The molecule has 0 aromatic heterocycles. The molecule has 0 saturated heterocycles. The fourth-order valence-electron chi connectivity index (χ4n) is 2.19. The topological polar surface area (TPSA) is 66.9 Å². The highest BCUT2D eigenvalue weighted by atomic mass is 35.5. The molecule has 0 fully saturated rings. The van der Waals surface area contributed by atoms with Crippen LogP contribution in [0.1, 0.15) is 51.0 Å². The number of carbonyl (C=O) groups excluding carboxylic acids is 1. The van der Waals surface area contributed by atoms with Crippen LogP contribution in [-0.4, -0.2) is 17.5 Å². The van der Waals surface area contributed by atoms with E-state index in [4.69, 9.17) is 34.3 Å². The summed E-state index contributed by atoms with van der Waals surface area (Å²) in [5.41, 5.74) is 7.69. The molecule has 5 heteroatoms. The minimum atomic E-state index is -0.404. The number of aryl methyl sites for hydroxylation is 1. The van der Waals surface area contributed by atoms with Gasteiger partial charge in [-0.15, -0.1) is 0 Å². The van der Waals surface area contributed by atoms with E-state index in [0.717, 1.165) is 37.0 Å². The molecule has 0 heterocycles. The molecule has 0 aliphatic carbocycles. The zero-order chi connectivity index (χ0) is 16.5. The van der Waals surface area contributed by atoms with Crippen molar-refractivity contribution in [2.24, 2.45) is 5.73 Å². The van der Waals surface area contributed by atoms with Crippen molar-refractivity contribution in [1.82, 2.24) is 0 Å². The lowest BCUT2D eigenvalue weighted by molar-refractivity contribution is -0.120. The van der Waals surface area contributed by atoms with Crippen molar-refractivity contribution in [3.05, 3.63) is 33.8 Å². The minimum Gasteiger partial charge on any atom is -0.322 e. The third-order valence-electron chi connectivity index (χ3n) is 3.73. The summed E-state index contributed by atoms with van der Waals surface area (Å²) in [6, 6.07) is 5.01. The second-order valence-corrected chi connectivity index (χ2v) is 6.34. The van der Waals surface area contributed by atoms with Gasteiger partial charge >= 0.3 is 0 Å². The largest absolute Gasteiger partial charge is 0.322 e. The Morgan fingerprint density at radius 2 is 1.95 bits per heavy atom. The Labute approximate surface area is 142 Å². The van der Waals surface area contributed by atoms with Crippen LogP contribution in [0.2, 0.25) is 10.0 Å². The molecule has 0 aliphatic heterocycles. The number of halogens is 2. The first-order valence-corrected chi connectivity index (χ1v) is 8.48. The molecule has 1 atom stereocenters. The fraction of sp³-hybridized carbons (Fsp3) is 0.529. The number of ketones is 1. The van der Waals surface area contributed by atoms with E-state index in [9.17, 15) is 4.79 Å². The van der Waals surface area contributed by atoms with Gasteiger partial charge in [0.25, 0.3) is 0 Å². The zero-order valence-corrected chi connectivity index (χ0v) is 14.5. The maximum atomic E-state index is 12.0. The number of carbonyl (C=O) groups is 1. The van der Waals surface area contributed by atoms with Crippen LogP contribution in [0.3, 0.4) is 0 Å². The molecule has 0 radical (unpaired) electrons. The van der Waals surface area contributed by atoms with Crippen molar-refractivity contribution in [2.75, 3.05) is 0 Å². The third kappa shape index (κ3) is 6.91. The highest BCUT2D eigenvalue weighted by molar-refractivity contribution is 6.42. The predicted molar refractivity (Wildman–Crippen MR) is 94.3 cm³/mol. The maximum Gasteiger partial charge on any atom is 0.149 e. The zero-order valence-electron chi connectivity index (χ0n) is 13.0. The van der Waals surface area contributed by atoms with Gasteiger partial charge in [-0.2, -0.15) is 0 Å². The summed E-state index contributed by atoms with van der Waals surface area (Å²) in [6.07, 6.45) is 5.17. The second kappa shape index (κ2) is 9.98. The number of Topliss-reactive ketones (excluding diaryl/α,β-unsaturated/α-hetero) is 1. The van der Waals surface area contributed by atoms with E-state index in [1.807, 2.05) is 13.0 Å². The Hall–Kier alpha value is -0.900. The molecule has 3 N–H and O–H groups in total. The Morgan fingerprint density at radius 1 is 1.23 bits per heavy atom. The first-order valence-electron chi connectivity index (χ1n) is 7.72. The first kappa shape index (κ1) is 19.1. The summed E-state index contributed by atoms with van der Waals surface area (Å²) in [4.78, 5) is 12.0. The van der Waals surface area contributed by atoms with E-state index in [2.05, 4.69) is 0 Å². The van der Waals surface area contributed by atoms with Gasteiger partial charge in [-0.1, -0.05) is 42.6 Å². The smallest absolute Gasteiger partial charge is 0.149 e. The van der Waals surface area contributed by atoms with Crippen LogP contribution in [0.5, 0.6) is 0 Å². The van der Waals surface area contributed by atoms with E-state index < -0.39 is 6.04 Å². The first-order chi connectivity index (χ1) is 10.4. The number of hydrogen-bond donors (Lipinski definition) is 2. The molecular weight excluding hydrogens is 319 g/mol. The molecule has 122 valence electrons. The summed E-state index contributed by atoms with van der Waals surface area (Å²) in [5, 5.41) is 8.61. The van der Waals surface area contributed by atoms with E-state index in [1.54, 1.807) is 12.1 Å². The Kier molecular flexibility index (Phi) is 8.69. The van der Waals surface area contributed by atoms with Crippen molar-refractivity contribution >= 4 is 34.7 Å². The average molecular weight is 343 g/mol. The summed E-state index contributed by atoms with van der Waals surface area (Å²) < 4.78 is 0. The predicted octanol–water partition coefficient (Wildman–Crippen LogP) is 4.81. The summed E-state index contributed by atoms with van der Waals surface area (Å²) in [6.45, 7) is 1.99. The van der Waals surface area contributed by atoms with Crippen LogP contribution in [0.15, 0.2) is 18.2 Å². The minimum absolute atomic E-state index is 0.0802. The van der Waals surface area contributed by atoms with Gasteiger partial charge in [-0.05, 0) is 49.8 Å². The van der Waals surface area contributed by atoms with Crippen LogP contribution >= 0.6 is 23.2 Å². The van der Waals surface area contributed by atoms with Crippen LogP contribution in [0, 0.1) is 5.41 Å². The van der Waals surface area contributed by atoms with Gasteiger partial charge in [-0.25, -0.2) is 0 Å². The van der Waals surface area contributed by atoms with Crippen molar-refractivity contribution in [1.29, 1.82) is 5.41 Å². The molecule has 0 aliphatic rings. The van der Waals surface area contributed by atoms with Gasteiger partial charge in [0.15, 0.2) is 0 Å². The number of nitrogens with one attached hydrogen (secondary N) is 1. The highest BCUT2D eigenvalue weighted by Gasteiger charge is 2.13. The quantitative estimate of drug-likeness (QED) is 0.473. The van der Waals surface area contributed by atoms with Gasteiger partial charge in [0.2, 0.25) is 0 Å². The summed E-state index contributed by atoms with van der Waals surface area (Å²) >= 11 is 11.8. The lowest BCUT2D eigenvalue weighted by atomic mass is 9.99. The molecule has 0 unspecified atom stereocenters. The van der Waals surface area contributed by atoms with Crippen LogP contribution in [-0.2, 0) is 11.2 Å². The normalized spacial score (nSPS) is 12.2. The van der Waals surface area contributed by atoms with E-state index >= 15 is 0 Å². The Morgan fingerprint density at radius 3 is 2.59 bits per heavy atom. The van der Waals surface area contributed by atoms with E-state index in [-0.39, 0.29) is 5.78 Å². The molecule has 22 heavy (non-hydrogen) atoms. The number of unbranched alkanes of at least 4 members (excludes halogenated alkanes) is 1. The average Bonchev–Trinajstić information content (AvgIpc) is 2.51. The molecule has 0 bridgehead atoms. The highest BCUT2D eigenvalue weighted by Crippen LogP contribution is 2.23. The van der Waals surface area contributed by atoms with E-state index in [0.29, 0.717) is 29.3 Å². The standard InChI is InChI=1S/C17H24Cl2N2O/c1-2-13(20)5-3-4-6-16(21)17(22)10-8-12-7-9-14(18)15(19)11-12/h7,9,11,16,20H,2-6,8,10,21H2,1H3/t16-/m1/s1. The van der Waals surface area contributed by atoms with Gasteiger partial charge in [0, 0.05) is 12.1 Å². The number of benzene rings is 1. The number of hydrogen-bond acceptors (Lipinski definition) is 3. The van der Waals surface area contributed by atoms with Crippen molar-refractivity contribution in [3.8, 4) is 0 Å². The maximum absolute atomic E-state index is 12.0. The third-order valence-corrected chi connectivity index (χ3v) is 4.47. The second-order valence-electron chi connectivity index (χ2n) is 5.52. The monoisotopic (exact) mass is 342 g/mol. The Balaban J connectivity index is 2.29. The van der Waals surface area contributed by atoms with Crippen LogP contribution in [0.4, 0.5) is 0 Å². The Bertz CT molecular complexity index is 517.